The van der Waals surface area contributed by atoms with Crippen molar-refractivity contribution in [2.45, 2.75) is 32.3 Å². The first-order chi connectivity index (χ1) is 9.60. The van der Waals surface area contributed by atoms with Crippen LogP contribution in [0.2, 0.25) is 0 Å². The Morgan fingerprint density at radius 3 is 2.85 bits per heavy atom. The van der Waals surface area contributed by atoms with E-state index in [0.29, 0.717) is 18.8 Å². The number of ether oxygens (including phenoxy) is 1. The van der Waals surface area contributed by atoms with Gasteiger partial charge in [0.1, 0.15) is 6.10 Å². The highest BCUT2D eigenvalue weighted by atomic mass is 16.5. The molecule has 20 heavy (non-hydrogen) atoms. The van der Waals surface area contributed by atoms with Crippen LogP contribution in [-0.4, -0.2) is 54.3 Å². The second kappa shape index (κ2) is 6.54. The smallest absolute Gasteiger partial charge is 0.233 e. The monoisotopic (exact) mass is 278 g/mol. The second-order valence-corrected chi connectivity index (χ2v) is 5.24. The van der Waals surface area contributed by atoms with E-state index in [1.54, 1.807) is 0 Å². The number of likely N-dealkylation sites (tertiary alicyclic amines) is 1. The van der Waals surface area contributed by atoms with Crippen LogP contribution in [0.5, 0.6) is 5.88 Å². The Morgan fingerprint density at radius 1 is 1.45 bits per heavy atom. The van der Waals surface area contributed by atoms with Crippen molar-refractivity contribution in [2.24, 2.45) is 0 Å². The van der Waals surface area contributed by atoms with Gasteiger partial charge in [0.15, 0.2) is 5.82 Å². The van der Waals surface area contributed by atoms with E-state index in [-0.39, 0.29) is 12.0 Å². The van der Waals surface area contributed by atoms with E-state index in [2.05, 4.69) is 10.2 Å². The quantitative estimate of drug-likeness (QED) is 0.813. The summed E-state index contributed by atoms with van der Waals surface area (Å²) in [6, 6.07) is 3.69. The van der Waals surface area contributed by atoms with E-state index < -0.39 is 0 Å². The fourth-order valence-electron chi connectivity index (χ4n) is 2.21. The molecule has 1 amide bonds. The van der Waals surface area contributed by atoms with Crippen LogP contribution in [0.3, 0.4) is 0 Å². The summed E-state index contributed by atoms with van der Waals surface area (Å²) in [5.74, 6) is 1.53. The molecular formula is C14H22N4O2. The third-order valence-electron chi connectivity index (χ3n) is 3.33. The van der Waals surface area contributed by atoms with E-state index in [9.17, 15) is 4.79 Å². The zero-order valence-corrected chi connectivity index (χ0v) is 12.4. The Balaban J connectivity index is 1.87. The van der Waals surface area contributed by atoms with E-state index in [1.807, 2.05) is 43.0 Å². The van der Waals surface area contributed by atoms with Gasteiger partial charge in [0.05, 0.1) is 6.54 Å². The molecule has 1 unspecified atom stereocenters. The highest BCUT2D eigenvalue weighted by molar-refractivity contribution is 5.76. The molecule has 1 atom stereocenters. The molecule has 1 aromatic rings. The Morgan fingerprint density at radius 2 is 2.25 bits per heavy atom. The second-order valence-electron chi connectivity index (χ2n) is 5.24. The molecule has 1 saturated heterocycles. The summed E-state index contributed by atoms with van der Waals surface area (Å²) < 4.78 is 5.78. The molecule has 0 saturated carbocycles. The molecule has 1 fully saturated rings. The number of amides is 1. The summed E-state index contributed by atoms with van der Waals surface area (Å²) in [6.45, 7) is 3.44. The highest BCUT2D eigenvalue weighted by Gasteiger charge is 2.27. The van der Waals surface area contributed by atoms with Crippen LogP contribution in [-0.2, 0) is 4.79 Å². The van der Waals surface area contributed by atoms with Crippen LogP contribution in [0, 0.1) is 0 Å². The lowest BCUT2D eigenvalue weighted by Crippen LogP contribution is -2.30. The standard InChI is InChI=1S/C14H22N4O2/c1-4-5-14(19)18-9-8-11(10-18)20-13-7-6-12(15-16-13)17(2)3/h6-7,11H,4-5,8-10H2,1-3H3. The van der Waals surface area contributed by atoms with Gasteiger partial charge in [0.2, 0.25) is 11.8 Å². The largest absolute Gasteiger partial charge is 0.471 e. The fraction of sp³-hybridized carbons (Fsp3) is 0.643. The minimum absolute atomic E-state index is 0.0234. The van der Waals surface area contributed by atoms with Crippen molar-refractivity contribution < 1.29 is 9.53 Å². The maximum Gasteiger partial charge on any atom is 0.233 e. The molecule has 0 radical (unpaired) electrons. The van der Waals surface area contributed by atoms with E-state index in [0.717, 1.165) is 25.2 Å². The Hall–Kier alpha value is -1.85. The van der Waals surface area contributed by atoms with E-state index in [4.69, 9.17) is 4.74 Å². The van der Waals surface area contributed by atoms with Crippen LogP contribution in [0.1, 0.15) is 26.2 Å². The van der Waals surface area contributed by atoms with Crippen molar-refractivity contribution in [3.63, 3.8) is 0 Å². The van der Waals surface area contributed by atoms with Gasteiger partial charge in [-0.3, -0.25) is 4.79 Å². The molecule has 2 heterocycles. The van der Waals surface area contributed by atoms with Gasteiger partial charge in [0.25, 0.3) is 0 Å². The number of hydrogen-bond acceptors (Lipinski definition) is 5. The summed E-state index contributed by atoms with van der Waals surface area (Å²) in [5.41, 5.74) is 0. The molecule has 0 aromatic carbocycles. The zero-order chi connectivity index (χ0) is 14.5. The summed E-state index contributed by atoms with van der Waals surface area (Å²) in [6.07, 6.45) is 2.38. The number of hydrogen-bond donors (Lipinski definition) is 0. The molecule has 6 nitrogen and oxygen atoms in total. The molecule has 110 valence electrons. The lowest BCUT2D eigenvalue weighted by Gasteiger charge is -2.16. The zero-order valence-electron chi connectivity index (χ0n) is 12.4. The number of carbonyl (C=O) groups excluding carboxylic acids is 1. The minimum atomic E-state index is 0.0234. The van der Waals surface area contributed by atoms with E-state index in [1.165, 1.54) is 0 Å². The average Bonchev–Trinajstić information content (AvgIpc) is 2.88. The number of rotatable bonds is 5. The van der Waals surface area contributed by atoms with Crippen LogP contribution in [0.4, 0.5) is 5.82 Å². The Labute approximate surface area is 119 Å². The fourth-order valence-corrected chi connectivity index (χ4v) is 2.21. The summed E-state index contributed by atoms with van der Waals surface area (Å²) in [7, 11) is 3.83. The summed E-state index contributed by atoms with van der Waals surface area (Å²) in [5, 5.41) is 8.13. The van der Waals surface area contributed by atoms with Gasteiger partial charge in [-0.2, -0.15) is 0 Å². The maximum absolute atomic E-state index is 11.8. The predicted molar refractivity (Wildman–Crippen MR) is 76.9 cm³/mol. The van der Waals surface area contributed by atoms with Gasteiger partial charge < -0.3 is 14.5 Å². The maximum atomic E-state index is 11.8. The van der Waals surface area contributed by atoms with Crippen molar-refractivity contribution in [1.29, 1.82) is 0 Å². The van der Waals surface area contributed by atoms with Crippen LogP contribution < -0.4 is 9.64 Å². The van der Waals surface area contributed by atoms with Crippen molar-refractivity contribution in [3.05, 3.63) is 12.1 Å². The van der Waals surface area contributed by atoms with Gasteiger partial charge in [-0.15, -0.1) is 10.2 Å². The average molecular weight is 278 g/mol. The summed E-state index contributed by atoms with van der Waals surface area (Å²) >= 11 is 0. The number of nitrogens with zero attached hydrogens (tertiary/aromatic N) is 4. The van der Waals surface area contributed by atoms with Crippen molar-refractivity contribution >= 4 is 11.7 Å². The van der Waals surface area contributed by atoms with Gasteiger partial charge in [0, 0.05) is 39.5 Å². The minimum Gasteiger partial charge on any atom is -0.471 e. The molecule has 2 rings (SSSR count). The first kappa shape index (κ1) is 14.6. The van der Waals surface area contributed by atoms with Crippen LogP contribution >= 0.6 is 0 Å². The molecule has 0 aliphatic carbocycles. The van der Waals surface area contributed by atoms with Gasteiger partial charge >= 0.3 is 0 Å². The molecule has 6 heteroatoms. The summed E-state index contributed by atoms with van der Waals surface area (Å²) in [4.78, 5) is 15.6. The molecule has 1 aromatic heterocycles. The topological polar surface area (TPSA) is 58.6 Å². The lowest BCUT2D eigenvalue weighted by molar-refractivity contribution is -0.130. The van der Waals surface area contributed by atoms with Gasteiger partial charge in [-0.25, -0.2) is 0 Å². The van der Waals surface area contributed by atoms with Crippen LogP contribution in [0.25, 0.3) is 0 Å². The number of carbonyl (C=O) groups is 1. The Bertz CT molecular complexity index is 447. The third-order valence-corrected chi connectivity index (χ3v) is 3.33. The molecule has 1 aliphatic heterocycles. The molecule has 0 N–H and O–H groups in total. The first-order valence-corrected chi connectivity index (χ1v) is 7.05. The van der Waals surface area contributed by atoms with Crippen LogP contribution in [0.15, 0.2) is 12.1 Å². The van der Waals surface area contributed by atoms with Gasteiger partial charge in [-0.1, -0.05) is 6.92 Å². The number of anilines is 1. The van der Waals surface area contributed by atoms with Crippen molar-refractivity contribution in [2.75, 3.05) is 32.1 Å². The van der Waals surface area contributed by atoms with Crippen molar-refractivity contribution in [1.82, 2.24) is 15.1 Å². The molecule has 1 aliphatic rings. The highest BCUT2D eigenvalue weighted by Crippen LogP contribution is 2.18. The van der Waals surface area contributed by atoms with Crippen molar-refractivity contribution in [3.8, 4) is 5.88 Å². The van der Waals surface area contributed by atoms with Gasteiger partial charge in [-0.05, 0) is 12.5 Å². The predicted octanol–water partition coefficient (Wildman–Crippen LogP) is 1.32. The normalized spacial score (nSPS) is 18.1. The SMILES string of the molecule is CCCC(=O)N1CCC(Oc2ccc(N(C)C)nn2)C1. The third kappa shape index (κ3) is 3.59. The molecular weight excluding hydrogens is 256 g/mol. The number of aromatic nitrogens is 2. The van der Waals surface area contributed by atoms with E-state index >= 15 is 0 Å². The lowest BCUT2D eigenvalue weighted by atomic mass is 10.3. The molecule has 0 bridgehead atoms. The first-order valence-electron chi connectivity index (χ1n) is 7.05. The Kier molecular flexibility index (Phi) is 4.76. The molecule has 0 spiro atoms.